The molecule has 1 aliphatic rings. The van der Waals surface area contributed by atoms with E-state index < -0.39 is 0 Å². The Labute approximate surface area is 167 Å². The molecule has 2 amide bonds. The maximum Gasteiger partial charge on any atom is 0.251 e. The number of hydrogen-bond acceptors (Lipinski definition) is 4. The molecule has 4 rings (SSSR count). The summed E-state index contributed by atoms with van der Waals surface area (Å²) in [6.07, 6.45) is 5.36. The van der Waals surface area contributed by atoms with Gasteiger partial charge in [0.05, 0.1) is 23.3 Å². The van der Waals surface area contributed by atoms with Gasteiger partial charge in [0.25, 0.3) is 5.91 Å². The van der Waals surface area contributed by atoms with E-state index in [1.807, 2.05) is 54.9 Å². The number of anilines is 1. The number of amides is 2. The van der Waals surface area contributed by atoms with E-state index in [1.165, 1.54) is 11.8 Å². The Morgan fingerprint density at radius 1 is 1.25 bits per heavy atom. The lowest BCUT2D eigenvalue weighted by molar-refractivity contribution is -0.115. The van der Waals surface area contributed by atoms with Gasteiger partial charge in [0, 0.05) is 28.5 Å². The highest BCUT2D eigenvalue weighted by Gasteiger charge is 2.24. The highest BCUT2D eigenvalue weighted by Crippen LogP contribution is 2.36. The number of aromatic nitrogens is 2. The van der Waals surface area contributed by atoms with Crippen LogP contribution in [0.15, 0.2) is 66.1 Å². The number of thioether (sulfide) groups is 1. The highest BCUT2D eigenvalue weighted by atomic mass is 32.2. The Morgan fingerprint density at radius 3 is 2.75 bits per heavy atom. The fourth-order valence-corrected chi connectivity index (χ4v) is 3.99. The minimum Gasteiger partial charge on any atom is -0.346 e. The maximum absolute atomic E-state index is 12.7. The molecule has 2 unspecified atom stereocenters. The van der Waals surface area contributed by atoms with E-state index in [1.54, 1.807) is 24.7 Å². The van der Waals surface area contributed by atoms with Gasteiger partial charge in [-0.2, -0.15) is 0 Å². The molecule has 0 bridgehead atoms. The van der Waals surface area contributed by atoms with Crippen molar-refractivity contribution in [3.8, 4) is 5.69 Å². The molecular formula is C21H20N4O2S. The van der Waals surface area contributed by atoms with E-state index in [9.17, 15) is 9.59 Å². The number of benzene rings is 2. The van der Waals surface area contributed by atoms with Gasteiger partial charge in [0.1, 0.15) is 0 Å². The Hall–Kier alpha value is -3.06. The summed E-state index contributed by atoms with van der Waals surface area (Å²) in [6.45, 7) is 3.81. The molecule has 142 valence electrons. The first-order valence-electron chi connectivity index (χ1n) is 9.02. The molecule has 0 saturated carbocycles. The van der Waals surface area contributed by atoms with Gasteiger partial charge >= 0.3 is 0 Å². The summed E-state index contributed by atoms with van der Waals surface area (Å²) in [7, 11) is 0. The summed E-state index contributed by atoms with van der Waals surface area (Å²) in [6, 6.07) is 13.2. The molecular weight excluding hydrogens is 372 g/mol. The molecule has 0 spiro atoms. The predicted octanol–water partition coefficient (Wildman–Crippen LogP) is 3.80. The van der Waals surface area contributed by atoms with E-state index in [-0.39, 0.29) is 23.1 Å². The fourth-order valence-electron chi connectivity index (χ4n) is 3.06. The molecule has 0 saturated heterocycles. The molecule has 2 aromatic carbocycles. The van der Waals surface area contributed by atoms with Crippen molar-refractivity contribution in [3.05, 3.63) is 72.3 Å². The monoisotopic (exact) mass is 392 g/mol. The zero-order valence-electron chi connectivity index (χ0n) is 15.5. The van der Waals surface area contributed by atoms with E-state index >= 15 is 0 Å². The van der Waals surface area contributed by atoms with Crippen LogP contribution >= 0.6 is 11.8 Å². The molecule has 28 heavy (non-hydrogen) atoms. The molecule has 7 heteroatoms. The fraction of sp³-hybridized carbons (Fsp3) is 0.190. The van der Waals surface area contributed by atoms with Crippen LogP contribution in [-0.2, 0) is 4.79 Å². The molecule has 0 radical (unpaired) electrons. The number of carbonyl (C=O) groups excluding carboxylic acids is 2. The predicted molar refractivity (Wildman–Crippen MR) is 110 cm³/mol. The lowest BCUT2D eigenvalue weighted by Gasteiger charge is -2.22. The Balaban J connectivity index is 1.46. The Bertz CT molecular complexity index is 1020. The number of nitrogens with one attached hydrogen (secondary N) is 2. The molecule has 2 atom stereocenters. The first-order valence-corrected chi connectivity index (χ1v) is 9.90. The third-order valence-electron chi connectivity index (χ3n) is 4.72. The first-order chi connectivity index (χ1) is 13.5. The zero-order valence-corrected chi connectivity index (χ0v) is 16.4. The topological polar surface area (TPSA) is 76.0 Å². The van der Waals surface area contributed by atoms with Crippen LogP contribution < -0.4 is 10.6 Å². The number of nitrogens with zero attached hydrogens (tertiary/aromatic N) is 2. The summed E-state index contributed by atoms with van der Waals surface area (Å²) >= 11 is 1.50. The third-order valence-corrected chi connectivity index (χ3v) is 5.89. The van der Waals surface area contributed by atoms with Crippen molar-refractivity contribution in [1.82, 2.24) is 14.9 Å². The molecule has 3 aromatic rings. The second kappa shape index (κ2) is 7.52. The molecule has 1 aromatic heterocycles. The first kappa shape index (κ1) is 18.3. The zero-order chi connectivity index (χ0) is 19.7. The average Bonchev–Trinajstić information content (AvgIpc) is 3.23. The number of imidazole rings is 1. The van der Waals surface area contributed by atoms with E-state index in [0.717, 1.165) is 16.1 Å². The summed E-state index contributed by atoms with van der Waals surface area (Å²) < 4.78 is 1.92. The van der Waals surface area contributed by atoms with Crippen LogP contribution in [0.1, 0.15) is 35.8 Å². The molecule has 2 heterocycles. The van der Waals surface area contributed by atoms with Gasteiger partial charge in [0.15, 0.2) is 0 Å². The van der Waals surface area contributed by atoms with Crippen LogP contribution in [0.2, 0.25) is 0 Å². The number of fused-ring (bicyclic) bond motifs is 1. The Kier molecular flexibility index (Phi) is 4.92. The van der Waals surface area contributed by atoms with Crippen molar-refractivity contribution in [2.24, 2.45) is 0 Å². The second-order valence-electron chi connectivity index (χ2n) is 6.72. The number of hydrogen-bond donors (Lipinski definition) is 2. The molecule has 0 fully saturated rings. The standard InChI is InChI=1S/C21H20N4O2S/c1-13(15-3-6-17(7-4-15)25-10-9-22-12-25)23-21(27)16-5-8-19-18(11-16)24-20(26)14(2)28-19/h3-14H,1-2H3,(H,23,27)(H,24,26). The minimum atomic E-state index is -0.174. The smallest absolute Gasteiger partial charge is 0.251 e. The van der Waals surface area contributed by atoms with Gasteiger partial charge in [-0.25, -0.2) is 4.98 Å². The van der Waals surface area contributed by atoms with Crippen LogP contribution in [0.25, 0.3) is 5.69 Å². The average molecular weight is 392 g/mol. The number of carbonyl (C=O) groups is 2. The number of rotatable bonds is 4. The van der Waals surface area contributed by atoms with Crippen LogP contribution in [0, 0.1) is 0 Å². The van der Waals surface area contributed by atoms with E-state index in [2.05, 4.69) is 15.6 Å². The minimum absolute atomic E-state index is 0.0404. The second-order valence-corrected chi connectivity index (χ2v) is 8.10. The van der Waals surface area contributed by atoms with Gasteiger partial charge in [0.2, 0.25) is 5.91 Å². The molecule has 6 nitrogen and oxygen atoms in total. The Morgan fingerprint density at radius 2 is 2.04 bits per heavy atom. The van der Waals surface area contributed by atoms with Crippen molar-refractivity contribution in [3.63, 3.8) is 0 Å². The van der Waals surface area contributed by atoms with Crippen LogP contribution in [-0.4, -0.2) is 26.6 Å². The summed E-state index contributed by atoms with van der Waals surface area (Å²) in [5.41, 5.74) is 3.24. The molecule has 2 N–H and O–H groups in total. The van der Waals surface area contributed by atoms with Gasteiger partial charge in [-0.05, 0) is 49.7 Å². The normalized spacial score (nSPS) is 16.8. The largest absolute Gasteiger partial charge is 0.346 e. The van der Waals surface area contributed by atoms with Crippen molar-refractivity contribution in [2.45, 2.75) is 30.0 Å². The third kappa shape index (κ3) is 3.66. The summed E-state index contributed by atoms with van der Waals surface area (Å²) in [5.74, 6) is -0.215. The highest BCUT2D eigenvalue weighted by molar-refractivity contribution is 8.00. The van der Waals surface area contributed by atoms with Gasteiger partial charge in [-0.15, -0.1) is 11.8 Å². The van der Waals surface area contributed by atoms with Crippen LogP contribution in [0.3, 0.4) is 0 Å². The quantitative estimate of drug-likeness (QED) is 0.708. The molecule has 0 aliphatic carbocycles. The lowest BCUT2D eigenvalue weighted by atomic mass is 10.1. The van der Waals surface area contributed by atoms with Gasteiger partial charge in [-0.1, -0.05) is 12.1 Å². The van der Waals surface area contributed by atoms with Crippen LogP contribution in [0.4, 0.5) is 5.69 Å². The van der Waals surface area contributed by atoms with Crippen molar-refractivity contribution >= 4 is 29.3 Å². The lowest BCUT2D eigenvalue weighted by Crippen LogP contribution is -2.28. The molecule has 1 aliphatic heterocycles. The van der Waals surface area contributed by atoms with E-state index in [4.69, 9.17) is 0 Å². The van der Waals surface area contributed by atoms with E-state index in [0.29, 0.717) is 11.3 Å². The van der Waals surface area contributed by atoms with Crippen molar-refractivity contribution in [2.75, 3.05) is 5.32 Å². The van der Waals surface area contributed by atoms with Gasteiger partial charge in [-0.3, -0.25) is 9.59 Å². The van der Waals surface area contributed by atoms with Gasteiger partial charge < -0.3 is 15.2 Å². The summed E-state index contributed by atoms with van der Waals surface area (Å²) in [5, 5.41) is 5.75. The SMILES string of the molecule is CC1Sc2ccc(C(=O)NC(C)c3ccc(-n4ccnc4)cc3)cc2NC1=O. The van der Waals surface area contributed by atoms with Crippen LogP contribution in [0.5, 0.6) is 0 Å². The maximum atomic E-state index is 12.7. The van der Waals surface area contributed by atoms with Crippen molar-refractivity contribution < 1.29 is 9.59 Å². The summed E-state index contributed by atoms with van der Waals surface area (Å²) in [4.78, 5) is 29.6. The van der Waals surface area contributed by atoms with Crippen molar-refractivity contribution in [1.29, 1.82) is 0 Å².